The molecule has 0 radical (unpaired) electrons. The molecular weight excluding hydrogens is 286 g/mol. The lowest BCUT2D eigenvalue weighted by atomic mass is 10.1. The van der Waals surface area contributed by atoms with Crippen molar-refractivity contribution in [2.75, 3.05) is 19.0 Å². The molecule has 0 fully saturated rings. The number of nitrogens with zero attached hydrogens (tertiary/aromatic N) is 1. The molecule has 0 unspecified atom stereocenters. The van der Waals surface area contributed by atoms with Crippen molar-refractivity contribution in [1.82, 2.24) is 0 Å². The first-order chi connectivity index (χ1) is 10.0. The Kier molecular flexibility index (Phi) is 3.43. The molecule has 3 nitrogen and oxygen atoms in total. The lowest BCUT2D eigenvalue weighted by molar-refractivity contribution is 0.101. The van der Waals surface area contributed by atoms with Gasteiger partial charge in [-0.2, -0.15) is 0 Å². The molecule has 3 aromatic rings. The lowest BCUT2D eigenvalue weighted by Crippen LogP contribution is -2.08. The first kappa shape index (κ1) is 13.7. The van der Waals surface area contributed by atoms with Crippen LogP contribution < -0.4 is 4.90 Å². The molecule has 0 aliphatic rings. The van der Waals surface area contributed by atoms with Gasteiger partial charge in [-0.05, 0) is 48.5 Å². The summed E-state index contributed by atoms with van der Waals surface area (Å²) in [5.74, 6) is 0.192. The first-order valence-corrected chi connectivity index (χ1v) is 6.93. The molecule has 0 bridgehead atoms. The quantitative estimate of drug-likeness (QED) is 0.673. The number of carbonyl (C=O) groups is 1. The fraction of sp³-hybridized carbons (Fsp3) is 0.118. The maximum atomic E-state index is 12.4. The highest BCUT2D eigenvalue weighted by Gasteiger charge is 2.14. The van der Waals surface area contributed by atoms with Gasteiger partial charge in [0.1, 0.15) is 5.58 Å². The number of benzene rings is 2. The fourth-order valence-corrected chi connectivity index (χ4v) is 2.36. The molecule has 4 heteroatoms. The van der Waals surface area contributed by atoms with Gasteiger partial charge in [-0.3, -0.25) is 4.79 Å². The van der Waals surface area contributed by atoms with Gasteiger partial charge in [-0.15, -0.1) is 0 Å². The van der Waals surface area contributed by atoms with Crippen LogP contribution in [0.5, 0.6) is 0 Å². The smallest absolute Gasteiger partial charge is 0.228 e. The Balaban J connectivity index is 1.95. The van der Waals surface area contributed by atoms with Gasteiger partial charge in [0.2, 0.25) is 5.78 Å². The van der Waals surface area contributed by atoms with E-state index >= 15 is 0 Å². The zero-order valence-corrected chi connectivity index (χ0v) is 12.5. The monoisotopic (exact) mass is 299 g/mol. The van der Waals surface area contributed by atoms with Gasteiger partial charge >= 0.3 is 0 Å². The molecular formula is C17H14ClNO2. The number of hydrogen-bond acceptors (Lipinski definition) is 3. The van der Waals surface area contributed by atoms with Crippen LogP contribution in [0.4, 0.5) is 5.69 Å². The van der Waals surface area contributed by atoms with Gasteiger partial charge in [-0.1, -0.05) is 11.6 Å². The van der Waals surface area contributed by atoms with E-state index < -0.39 is 0 Å². The number of rotatable bonds is 3. The standard InChI is InChI=1S/C17H14ClNO2/c1-19(2)14-6-3-11(4-7-14)17(20)16-10-12-9-13(18)5-8-15(12)21-16/h3-10H,1-2H3. The number of hydrogen-bond donors (Lipinski definition) is 0. The second-order valence-corrected chi connectivity index (χ2v) is 5.50. The van der Waals surface area contributed by atoms with E-state index in [2.05, 4.69) is 0 Å². The minimum Gasteiger partial charge on any atom is -0.453 e. The molecule has 21 heavy (non-hydrogen) atoms. The van der Waals surface area contributed by atoms with E-state index in [0.717, 1.165) is 11.1 Å². The highest BCUT2D eigenvalue weighted by molar-refractivity contribution is 6.31. The molecule has 0 amide bonds. The summed E-state index contributed by atoms with van der Waals surface area (Å²) < 4.78 is 5.60. The topological polar surface area (TPSA) is 33.5 Å². The number of anilines is 1. The maximum Gasteiger partial charge on any atom is 0.228 e. The van der Waals surface area contributed by atoms with Crippen molar-refractivity contribution in [2.45, 2.75) is 0 Å². The second kappa shape index (κ2) is 5.26. The minimum absolute atomic E-state index is 0.132. The Hall–Kier alpha value is -2.26. The number of halogens is 1. The van der Waals surface area contributed by atoms with Crippen molar-refractivity contribution >= 4 is 34.0 Å². The fourth-order valence-electron chi connectivity index (χ4n) is 2.18. The lowest BCUT2D eigenvalue weighted by Gasteiger charge is -2.12. The summed E-state index contributed by atoms with van der Waals surface area (Å²) in [6.07, 6.45) is 0. The molecule has 0 aliphatic carbocycles. The van der Waals surface area contributed by atoms with E-state index in [0.29, 0.717) is 21.9 Å². The number of carbonyl (C=O) groups excluding carboxylic acids is 1. The Labute approximate surface area is 127 Å². The third-order valence-electron chi connectivity index (χ3n) is 3.35. The average molecular weight is 300 g/mol. The molecule has 0 aliphatic heterocycles. The summed E-state index contributed by atoms with van der Waals surface area (Å²) in [5.41, 5.74) is 2.31. The van der Waals surface area contributed by atoms with Crippen LogP contribution in [0.1, 0.15) is 16.1 Å². The predicted octanol–water partition coefficient (Wildman–Crippen LogP) is 4.38. The maximum absolute atomic E-state index is 12.4. The van der Waals surface area contributed by atoms with Crippen LogP contribution in [0, 0.1) is 0 Å². The van der Waals surface area contributed by atoms with Crippen molar-refractivity contribution in [1.29, 1.82) is 0 Å². The molecule has 1 aromatic heterocycles. The summed E-state index contributed by atoms with van der Waals surface area (Å²) in [4.78, 5) is 14.4. The summed E-state index contributed by atoms with van der Waals surface area (Å²) in [5, 5.41) is 1.45. The van der Waals surface area contributed by atoms with Crippen LogP contribution in [-0.2, 0) is 0 Å². The molecule has 0 N–H and O–H groups in total. The van der Waals surface area contributed by atoms with Crippen molar-refractivity contribution in [3.8, 4) is 0 Å². The zero-order valence-electron chi connectivity index (χ0n) is 11.8. The molecule has 2 aromatic carbocycles. The largest absolute Gasteiger partial charge is 0.453 e. The Morgan fingerprint density at radius 2 is 1.76 bits per heavy atom. The third-order valence-corrected chi connectivity index (χ3v) is 3.58. The van der Waals surface area contributed by atoms with Crippen LogP contribution in [0.3, 0.4) is 0 Å². The van der Waals surface area contributed by atoms with Crippen LogP contribution in [0.2, 0.25) is 5.02 Å². The van der Waals surface area contributed by atoms with E-state index in [4.69, 9.17) is 16.0 Å². The number of fused-ring (bicyclic) bond motifs is 1. The minimum atomic E-state index is -0.132. The molecule has 0 saturated carbocycles. The first-order valence-electron chi connectivity index (χ1n) is 6.56. The van der Waals surface area contributed by atoms with E-state index in [1.54, 1.807) is 36.4 Å². The highest BCUT2D eigenvalue weighted by atomic mass is 35.5. The van der Waals surface area contributed by atoms with Gasteiger partial charge in [0.25, 0.3) is 0 Å². The van der Waals surface area contributed by atoms with Gasteiger partial charge in [0.15, 0.2) is 5.76 Å². The van der Waals surface area contributed by atoms with E-state index in [1.807, 2.05) is 31.1 Å². The van der Waals surface area contributed by atoms with Crippen molar-refractivity contribution in [3.63, 3.8) is 0 Å². The Morgan fingerprint density at radius 3 is 2.43 bits per heavy atom. The number of ketones is 1. The Morgan fingerprint density at radius 1 is 1.05 bits per heavy atom. The summed E-state index contributed by atoms with van der Waals surface area (Å²) >= 11 is 5.94. The third kappa shape index (κ3) is 2.65. The van der Waals surface area contributed by atoms with Crippen LogP contribution in [0.15, 0.2) is 52.9 Å². The van der Waals surface area contributed by atoms with Gasteiger partial charge in [-0.25, -0.2) is 0 Å². The van der Waals surface area contributed by atoms with Crippen LogP contribution >= 0.6 is 11.6 Å². The van der Waals surface area contributed by atoms with E-state index in [9.17, 15) is 4.79 Å². The summed E-state index contributed by atoms with van der Waals surface area (Å²) in [6, 6.07) is 14.4. The SMILES string of the molecule is CN(C)c1ccc(C(=O)c2cc3cc(Cl)ccc3o2)cc1. The molecule has 0 saturated heterocycles. The van der Waals surface area contributed by atoms with Crippen molar-refractivity contribution in [3.05, 3.63) is 64.9 Å². The molecule has 0 atom stereocenters. The van der Waals surface area contributed by atoms with E-state index in [-0.39, 0.29) is 5.78 Å². The van der Waals surface area contributed by atoms with Crippen molar-refractivity contribution < 1.29 is 9.21 Å². The summed E-state index contributed by atoms with van der Waals surface area (Å²) in [7, 11) is 3.92. The Bertz CT molecular complexity index is 803. The number of furan rings is 1. The molecule has 106 valence electrons. The highest BCUT2D eigenvalue weighted by Crippen LogP contribution is 2.25. The average Bonchev–Trinajstić information content (AvgIpc) is 2.89. The van der Waals surface area contributed by atoms with Crippen molar-refractivity contribution in [2.24, 2.45) is 0 Å². The molecule has 1 heterocycles. The normalized spacial score (nSPS) is 10.8. The second-order valence-electron chi connectivity index (χ2n) is 5.06. The van der Waals surface area contributed by atoms with Crippen LogP contribution in [0.25, 0.3) is 11.0 Å². The van der Waals surface area contributed by atoms with Gasteiger partial charge < -0.3 is 9.32 Å². The molecule has 0 spiro atoms. The molecule has 3 rings (SSSR count). The van der Waals surface area contributed by atoms with Crippen LogP contribution in [-0.4, -0.2) is 19.9 Å². The summed E-state index contributed by atoms with van der Waals surface area (Å²) in [6.45, 7) is 0. The van der Waals surface area contributed by atoms with E-state index in [1.165, 1.54) is 0 Å². The zero-order chi connectivity index (χ0) is 15.0. The van der Waals surface area contributed by atoms with Gasteiger partial charge in [0.05, 0.1) is 0 Å². The van der Waals surface area contributed by atoms with Gasteiger partial charge in [0, 0.05) is 35.8 Å². The predicted molar refractivity (Wildman–Crippen MR) is 85.4 cm³/mol.